The minimum atomic E-state index is -1.08. The van der Waals surface area contributed by atoms with E-state index >= 15 is 0 Å². The van der Waals surface area contributed by atoms with Gasteiger partial charge in [-0.3, -0.25) is 0 Å². The number of benzene rings is 3. The Balaban J connectivity index is 1.84. The first-order valence-electron chi connectivity index (χ1n) is 10.3. The molecule has 0 aliphatic carbocycles. The van der Waals surface area contributed by atoms with Gasteiger partial charge in [-0.05, 0) is 34.7 Å². The summed E-state index contributed by atoms with van der Waals surface area (Å²) in [5, 5.41) is 16.0. The normalized spacial score (nSPS) is 27.1. The topological polar surface area (TPSA) is 32.3 Å². The van der Waals surface area contributed by atoms with Crippen LogP contribution in [0.4, 0.5) is 4.39 Å². The first-order valence-corrected chi connectivity index (χ1v) is 10.3. The summed E-state index contributed by atoms with van der Waals surface area (Å²) < 4.78 is 13.6. The van der Waals surface area contributed by atoms with E-state index in [9.17, 15) is 9.50 Å². The summed E-state index contributed by atoms with van der Waals surface area (Å²) in [6.45, 7) is 4.30. The molecule has 0 bridgehead atoms. The fraction of sp³-hybridized carbons (Fsp3) is 0.308. The van der Waals surface area contributed by atoms with Crippen LogP contribution in [0.15, 0.2) is 84.9 Å². The zero-order chi connectivity index (χ0) is 20.4. The Hall–Kier alpha value is -2.49. The predicted octanol–water partition coefficient (Wildman–Crippen LogP) is 5.76. The van der Waals surface area contributed by atoms with E-state index in [2.05, 4.69) is 43.4 Å². The molecule has 3 heteroatoms. The molecule has 0 unspecified atom stereocenters. The maximum absolute atomic E-state index is 13.6. The second-order valence-electron chi connectivity index (χ2n) is 8.42. The van der Waals surface area contributed by atoms with Crippen molar-refractivity contribution in [2.45, 2.75) is 38.0 Å². The second-order valence-corrected chi connectivity index (χ2v) is 8.42. The van der Waals surface area contributed by atoms with Crippen LogP contribution in [0.5, 0.6) is 0 Å². The summed E-state index contributed by atoms with van der Waals surface area (Å²) in [6, 6.07) is 26.9. The summed E-state index contributed by atoms with van der Waals surface area (Å²) in [6.07, 6.45) is 0.537. The predicted molar refractivity (Wildman–Crippen MR) is 115 cm³/mol. The van der Waals surface area contributed by atoms with Crippen LogP contribution in [-0.4, -0.2) is 5.11 Å². The van der Waals surface area contributed by atoms with E-state index in [1.54, 1.807) is 12.1 Å². The van der Waals surface area contributed by atoms with E-state index < -0.39 is 5.60 Å². The molecule has 0 amide bonds. The zero-order valence-corrected chi connectivity index (χ0v) is 16.9. The van der Waals surface area contributed by atoms with E-state index in [4.69, 9.17) is 0 Å². The van der Waals surface area contributed by atoms with Crippen LogP contribution < -0.4 is 5.32 Å². The van der Waals surface area contributed by atoms with Crippen molar-refractivity contribution in [2.75, 3.05) is 0 Å². The fourth-order valence-corrected chi connectivity index (χ4v) is 4.95. The third kappa shape index (κ3) is 3.85. The fourth-order valence-electron chi connectivity index (χ4n) is 4.95. The number of aliphatic hydroxyl groups is 1. The number of hydrogen-bond donors (Lipinski definition) is 2. The lowest BCUT2D eigenvalue weighted by Crippen LogP contribution is -2.53. The van der Waals surface area contributed by atoms with Gasteiger partial charge in [0.2, 0.25) is 0 Å². The molecule has 0 radical (unpaired) electrons. The molecule has 4 rings (SSSR count). The highest BCUT2D eigenvalue weighted by Crippen LogP contribution is 2.51. The Kier molecular flexibility index (Phi) is 5.53. The molecule has 4 atom stereocenters. The molecule has 3 aromatic rings. The standard InChI is InChI=1S/C26H28FNO/c1-18(2)24-25(20-11-7-4-8-12-20)28-23(19-9-5-3-6-10-19)17-26(24,29)21-13-15-22(27)16-14-21/h3-16,18,23-25,28-29H,17H2,1-2H3/t23-,24-,25+,26+/m0/s1. The average Bonchev–Trinajstić information content (AvgIpc) is 2.74. The van der Waals surface area contributed by atoms with Gasteiger partial charge in [-0.1, -0.05) is 86.6 Å². The second kappa shape index (κ2) is 8.10. The summed E-state index contributed by atoms with van der Waals surface area (Å²) in [5.41, 5.74) is 2.01. The molecule has 0 saturated carbocycles. The lowest BCUT2D eigenvalue weighted by atomic mass is 9.64. The smallest absolute Gasteiger partial charge is 0.123 e. The molecule has 1 saturated heterocycles. The molecule has 0 spiro atoms. The van der Waals surface area contributed by atoms with Crippen LogP contribution in [0.2, 0.25) is 0 Å². The minimum Gasteiger partial charge on any atom is -0.385 e. The third-order valence-electron chi connectivity index (χ3n) is 6.23. The van der Waals surface area contributed by atoms with Crippen LogP contribution in [0.3, 0.4) is 0 Å². The zero-order valence-electron chi connectivity index (χ0n) is 16.9. The molecule has 29 heavy (non-hydrogen) atoms. The van der Waals surface area contributed by atoms with Gasteiger partial charge in [-0.25, -0.2) is 4.39 Å². The molecule has 1 fully saturated rings. The Morgan fingerprint density at radius 1 is 0.862 bits per heavy atom. The monoisotopic (exact) mass is 389 g/mol. The molecule has 1 aliphatic heterocycles. The highest BCUT2D eigenvalue weighted by molar-refractivity contribution is 5.32. The first kappa shape index (κ1) is 19.8. The SMILES string of the molecule is CC(C)[C@H]1[C@@H](c2ccccc2)N[C@H](c2ccccc2)C[C@@]1(O)c1ccc(F)cc1. The molecule has 0 aromatic heterocycles. The van der Waals surface area contributed by atoms with E-state index in [0.717, 1.165) is 16.7 Å². The lowest BCUT2D eigenvalue weighted by molar-refractivity contribution is -0.0992. The van der Waals surface area contributed by atoms with Gasteiger partial charge in [-0.2, -0.15) is 0 Å². The maximum Gasteiger partial charge on any atom is 0.123 e. The number of nitrogens with one attached hydrogen (secondary N) is 1. The molecule has 1 aliphatic rings. The maximum atomic E-state index is 13.6. The van der Waals surface area contributed by atoms with Gasteiger partial charge in [0.1, 0.15) is 5.82 Å². The van der Waals surface area contributed by atoms with Crippen molar-refractivity contribution < 1.29 is 9.50 Å². The van der Waals surface area contributed by atoms with Gasteiger partial charge >= 0.3 is 0 Å². The Labute approximate surface area is 172 Å². The van der Waals surface area contributed by atoms with Crippen LogP contribution in [0, 0.1) is 17.7 Å². The molecule has 2 nitrogen and oxygen atoms in total. The van der Waals surface area contributed by atoms with Gasteiger partial charge in [0, 0.05) is 24.4 Å². The van der Waals surface area contributed by atoms with Crippen molar-refractivity contribution in [1.82, 2.24) is 5.32 Å². The third-order valence-corrected chi connectivity index (χ3v) is 6.23. The van der Waals surface area contributed by atoms with Gasteiger partial charge in [0.15, 0.2) is 0 Å². The van der Waals surface area contributed by atoms with Crippen molar-refractivity contribution in [3.8, 4) is 0 Å². The highest BCUT2D eigenvalue weighted by Gasteiger charge is 2.50. The molecular weight excluding hydrogens is 361 g/mol. The minimum absolute atomic E-state index is 0.00791. The van der Waals surface area contributed by atoms with E-state index in [1.807, 2.05) is 36.4 Å². The molecule has 150 valence electrons. The number of hydrogen-bond acceptors (Lipinski definition) is 2. The van der Waals surface area contributed by atoms with Crippen LogP contribution in [-0.2, 0) is 5.60 Å². The van der Waals surface area contributed by atoms with Crippen molar-refractivity contribution in [3.63, 3.8) is 0 Å². The van der Waals surface area contributed by atoms with Crippen molar-refractivity contribution in [3.05, 3.63) is 107 Å². The average molecular weight is 390 g/mol. The van der Waals surface area contributed by atoms with Gasteiger partial charge in [0.05, 0.1) is 5.60 Å². The Morgan fingerprint density at radius 2 is 1.41 bits per heavy atom. The van der Waals surface area contributed by atoms with Crippen molar-refractivity contribution in [2.24, 2.45) is 11.8 Å². The summed E-state index contributed by atoms with van der Waals surface area (Å²) in [5.74, 6) is -0.124. The summed E-state index contributed by atoms with van der Waals surface area (Å²) in [7, 11) is 0. The quantitative estimate of drug-likeness (QED) is 0.594. The largest absolute Gasteiger partial charge is 0.385 e. The van der Waals surface area contributed by atoms with Crippen LogP contribution >= 0.6 is 0 Å². The number of halogens is 1. The summed E-state index contributed by atoms with van der Waals surface area (Å²) >= 11 is 0. The Morgan fingerprint density at radius 3 is 1.97 bits per heavy atom. The Bertz CT molecular complexity index is 926. The van der Waals surface area contributed by atoms with Gasteiger partial charge in [0.25, 0.3) is 0 Å². The number of rotatable bonds is 4. The van der Waals surface area contributed by atoms with Crippen molar-refractivity contribution in [1.29, 1.82) is 0 Å². The number of piperidine rings is 1. The van der Waals surface area contributed by atoms with Crippen LogP contribution in [0.1, 0.15) is 49.0 Å². The summed E-state index contributed by atoms with van der Waals surface area (Å²) in [4.78, 5) is 0. The lowest BCUT2D eigenvalue weighted by Gasteiger charge is -2.51. The highest BCUT2D eigenvalue weighted by atomic mass is 19.1. The molecule has 2 N–H and O–H groups in total. The van der Waals surface area contributed by atoms with Crippen molar-refractivity contribution >= 4 is 0 Å². The van der Waals surface area contributed by atoms with Crippen LogP contribution in [0.25, 0.3) is 0 Å². The van der Waals surface area contributed by atoms with E-state index in [0.29, 0.717) is 6.42 Å². The molecule has 1 heterocycles. The first-order chi connectivity index (χ1) is 14.0. The molecule has 3 aromatic carbocycles. The van der Waals surface area contributed by atoms with E-state index in [1.165, 1.54) is 12.1 Å². The molecular formula is C26H28FNO. The van der Waals surface area contributed by atoms with E-state index in [-0.39, 0.29) is 29.7 Å². The van der Waals surface area contributed by atoms with Gasteiger partial charge in [-0.15, -0.1) is 0 Å². The van der Waals surface area contributed by atoms with Gasteiger partial charge < -0.3 is 10.4 Å².